The van der Waals surface area contributed by atoms with Crippen LogP contribution in [0.2, 0.25) is 0 Å². The Morgan fingerprint density at radius 2 is 0.877 bits per heavy atom. The Bertz CT molecular complexity index is 2060. The average molecular weight is 905 g/mol. The summed E-state index contributed by atoms with van der Waals surface area (Å²) >= 11 is 0. The maximum absolute atomic E-state index is 13.6. The van der Waals surface area contributed by atoms with E-state index in [2.05, 4.69) is 73.6 Å². The summed E-state index contributed by atoms with van der Waals surface area (Å²) in [4.78, 5) is 0. The summed E-state index contributed by atoms with van der Waals surface area (Å²) in [7, 11) is 0. The van der Waals surface area contributed by atoms with Crippen LogP contribution in [-0.4, -0.2) is 39.6 Å². The molecule has 0 bridgehead atoms. The highest BCUT2D eigenvalue weighted by Crippen LogP contribution is 2.43. The molecule has 0 N–H and O–H groups in total. The lowest BCUT2D eigenvalue weighted by atomic mass is 9.84. The number of benzene rings is 4. The van der Waals surface area contributed by atoms with Crippen LogP contribution in [0.4, 0.5) is 17.6 Å². The molecule has 1 saturated heterocycles. The van der Waals surface area contributed by atoms with E-state index in [0.29, 0.717) is 72.6 Å². The number of para-hydroxylation sites is 2. The van der Waals surface area contributed by atoms with E-state index in [9.17, 15) is 17.6 Å². The van der Waals surface area contributed by atoms with Crippen LogP contribution in [0.15, 0.2) is 72.8 Å². The van der Waals surface area contributed by atoms with E-state index in [1.807, 2.05) is 32.0 Å². The van der Waals surface area contributed by atoms with Crippen LogP contribution in [0.3, 0.4) is 0 Å². The van der Waals surface area contributed by atoms with E-state index in [1.165, 1.54) is 42.7 Å². The molecular formula is C56H76F4O5. The number of ether oxygens (including phenoxy) is 5. The van der Waals surface area contributed by atoms with Crippen LogP contribution in [-0.2, 0) is 4.74 Å². The van der Waals surface area contributed by atoms with Gasteiger partial charge in [-0.3, -0.25) is 0 Å². The predicted molar refractivity (Wildman–Crippen MR) is 255 cm³/mol. The molecule has 5 heterocycles. The van der Waals surface area contributed by atoms with Gasteiger partial charge in [-0.15, -0.1) is 0 Å². The minimum Gasteiger partial charge on any atom is -0.493 e. The van der Waals surface area contributed by atoms with E-state index in [0.717, 1.165) is 86.0 Å². The molecule has 0 spiro atoms. The second-order valence-electron chi connectivity index (χ2n) is 19.8. The summed E-state index contributed by atoms with van der Waals surface area (Å²) in [6, 6.07) is 20.8. The molecule has 358 valence electrons. The summed E-state index contributed by atoms with van der Waals surface area (Å²) in [5.74, 6) is 6.76. The molecule has 0 radical (unpaired) electrons. The van der Waals surface area contributed by atoms with Gasteiger partial charge in [0, 0.05) is 30.4 Å². The fourth-order valence-electron chi connectivity index (χ4n) is 9.77. The van der Waals surface area contributed by atoms with Crippen molar-refractivity contribution in [2.45, 2.75) is 131 Å². The molecule has 0 saturated carbocycles. The van der Waals surface area contributed by atoms with Crippen molar-refractivity contribution in [1.29, 1.82) is 0 Å². The lowest BCUT2D eigenvalue weighted by molar-refractivity contribution is 0.0523. The van der Waals surface area contributed by atoms with Gasteiger partial charge in [0.1, 0.15) is 23.1 Å². The van der Waals surface area contributed by atoms with Gasteiger partial charge in [0.15, 0.2) is 23.1 Å². The van der Waals surface area contributed by atoms with Crippen molar-refractivity contribution < 1.29 is 41.2 Å². The van der Waals surface area contributed by atoms with Gasteiger partial charge in [-0.1, -0.05) is 106 Å². The van der Waals surface area contributed by atoms with E-state index >= 15 is 0 Å². The van der Waals surface area contributed by atoms with Crippen molar-refractivity contribution in [3.8, 4) is 23.0 Å². The van der Waals surface area contributed by atoms with E-state index in [4.69, 9.17) is 23.7 Å². The van der Waals surface area contributed by atoms with Gasteiger partial charge in [-0.25, -0.2) is 17.6 Å². The zero-order valence-electron chi connectivity index (χ0n) is 40.7. The first kappa shape index (κ1) is 51.7. The number of rotatable bonds is 5. The van der Waals surface area contributed by atoms with Gasteiger partial charge in [0.05, 0.1) is 26.4 Å². The fourth-order valence-corrected chi connectivity index (χ4v) is 9.77. The smallest absolute Gasteiger partial charge is 0.165 e. The van der Waals surface area contributed by atoms with Crippen LogP contribution in [0.1, 0.15) is 154 Å². The summed E-state index contributed by atoms with van der Waals surface area (Å²) in [6.45, 7) is 26.6. The predicted octanol–water partition coefficient (Wildman–Crippen LogP) is 15.5. The van der Waals surface area contributed by atoms with Gasteiger partial charge in [0.25, 0.3) is 0 Å². The fraction of sp³-hybridized carbons (Fsp3) is 0.571. The van der Waals surface area contributed by atoms with Crippen molar-refractivity contribution in [3.63, 3.8) is 0 Å². The van der Waals surface area contributed by atoms with Crippen LogP contribution < -0.4 is 18.9 Å². The minimum atomic E-state index is -0.461. The molecular weight excluding hydrogens is 829 g/mol. The zero-order chi connectivity index (χ0) is 47.2. The highest BCUT2D eigenvalue weighted by atomic mass is 19.1. The SMILES string of the molecule is CC(C)C1CCOCC1.CC(C)C1CCOc2c(F)ccc(F)c21.CC(C)C1CCOc2c(F)cccc21.CC(C)C1CCOc2cc(F)ccc21.CC(C)[C@H]1CCOc2ccccc21. The second-order valence-corrected chi connectivity index (χ2v) is 19.8. The Labute approximate surface area is 388 Å². The number of fused-ring (bicyclic) bond motifs is 4. The van der Waals surface area contributed by atoms with Crippen LogP contribution in [0.25, 0.3) is 0 Å². The summed E-state index contributed by atoms with van der Waals surface area (Å²) in [5, 5.41) is 0. The molecule has 0 amide bonds. The molecule has 5 aliphatic rings. The Hall–Kier alpha value is -4.24. The summed E-state index contributed by atoms with van der Waals surface area (Å²) in [6.07, 6.45) is 6.50. The lowest BCUT2D eigenvalue weighted by Gasteiger charge is -2.29. The first-order chi connectivity index (χ1) is 31.1. The molecule has 5 nitrogen and oxygen atoms in total. The molecule has 9 rings (SSSR count). The minimum absolute atomic E-state index is 0.0597. The van der Waals surface area contributed by atoms with Gasteiger partial charge < -0.3 is 23.7 Å². The van der Waals surface area contributed by atoms with Gasteiger partial charge in [0.2, 0.25) is 0 Å². The standard InChI is InChI=1S/C12H14F2O.2C12H15FO.C12H16O.C8H16O/c1-7(2)8-5-6-15-12-10(14)4-3-9(13)11(8)12;1-8(2)10-5-6-14-12-7-9(13)3-4-11(10)12;1-8(2)9-6-7-14-12-10(9)4-3-5-11(12)13;1-9(2)10-7-8-13-12-6-4-3-5-11(10)12;1-7(2)8-3-5-9-6-4-8/h3-4,7-8H,5-6H2,1-2H3;3-4,7-8,10H,5-6H2,1-2H3;3-5,8-9H,6-7H2,1-2H3;3-6,9-10H,7-8H2,1-2H3;7-8H,3-6H2,1-2H3/t;;;10-;/m...1./s1. The van der Waals surface area contributed by atoms with Crippen molar-refractivity contribution in [2.24, 2.45) is 35.5 Å². The topological polar surface area (TPSA) is 46.2 Å². The molecule has 3 unspecified atom stereocenters. The van der Waals surface area contributed by atoms with Crippen LogP contribution >= 0.6 is 0 Å². The Morgan fingerprint density at radius 3 is 1.46 bits per heavy atom. The number of hydrogen-bond acceptors (Lipinski definition) is 5. The molecule has 0 aliphatic carbocycles. The van der Waals surface area contributed by atoms with Crippen LogP contribution in [0.5, 0.6) is 23.0 Å². The van der Waals surface area contributed by atoms with E-state index in [-0.39, 0.29) is 29.1 Å². The quantitative estimate of drug-likeness (QED) is 0.187. The van der Waals surface area contributed by atoms with Gasteiger partial charge >= 0.3 is 0 Å². The Morgan fingerprint density at radius 1 is 0.400 bits per heavy atom. The summed E-state index contributed by atoms with van der Waals surface area (Å²) in [5.41, 5.74) is 4.00. The van der Waals surface area contributed by atoms with Crippen molar-refractivity contribution in [1.82, 2.24) is 0 Å². The largest absolute Gasteiger partial charge is 0.493 e. The Balaban J connectivity index is 0.000000154. The van der Waals surface area contributed by atoms with Gasteiger partial charge in [-0.05, 0) is 139 Å². The molecule has 9 heteroatoms. The summed E-state index contributed by atoms with van der Waals surface area (Å²) < 4.78 is 80.2. The molecule has 4 atom stereocenters. The molecule has 4 aromatic carbocycles. The lowest BCUT2D eigenvalue weighted by Crippen LogP contribution is -2.20. The Kier molecular flexibility index (Phi) is 19.9. The van der Waals surface area contributed by atoms with Crippen molar-refractivity contribution >= 4 is 0 Å². The maximum Gasteiger partial charge on any atom is 0.165 e. The third-order valence-electron chi connectivity index (χ3n) is 13.7. The first-order valence-electron chi connectivity index (χ1n) is 24.3. The van der Waals surface area contributed by atoms with Crippen molar-refractivity contribution in [2.75, 3.05) is 39.6 Å². The molecule has 1 fully saturated rings. The highest BCUT2D eigenvalue weighted by Gasteiger charge is 2.30. The third kappa shape index (κ3) is 14.1. The van der Waals surface area contributed by atoms with E-state index < -0.39 is 5.82 Å². The monoisotopic (exact) mass is 905 g/mol. The van der Waals surface area contributed by atoms with Gasteiger partial charge in [-0.2, -0.15) is 0 Å². The second kappa shape index (κ2) is 25.0. The maximum atomic E-state index is 13.6. The average Bonchev–Trinajstić information content (AvgIpc) is 3.30. The zero-order valence-corrected chi connectivity index (χ0v) is 40.7. The van der Waals surface area contributed by atoms with Crippen molar-refractivity contribution in [3.05, 3.63) is 118 Å². The number of halogens is 4. The third-order valence-corrected chi connectivity index (χ3v) is 13.7. The number of hydrogen-bond donors (Lipinski definition) is 0. The molecule has 4 aromatic rings. The molecule has 0 aromatic heterocycles. The van der Waals surface area contributed by atoms with E-state index in [1.54, 1.807) is 6.07 Å². The first-order valence-corrected chi connectivity index (χ1v) is 24.3. The van der Waals surface area contributed by atoms with Crippen LogP contribution in [0, 0.1) is 58.8 Å². The molecule has 5 aliphatic heterocycles. The highest BCUT2D eigenvalue weighted by molar-refractivity contribution is 5.42. The normalized spacial score (nSPS) is 20.8. The molecule has 65 heavy (non-hydrogen) atoms.